The standard InChI is InChI=1S/C51H53N5O9/c1-8-13-32-21-41-48(58)52-37-25-46(44(62-6)23-35(37)50(60)55(41)39(32)9-2)64-27-30-18-31(20-34(19-30)54(5)17-12-16-43(57)29(3)4)28-65-47-26-38-36(24-45(47)63-7)51(61)56-40-15-11-10-14-33(40)22-42(56)49(59)53-38/h8-11,13-15,18-20,23-26,29,41-42H,2,12,16-17,21-22,27-28H2,1,3-7H3,(H,52,58)(H,53,59)/b13-8-/t41-,42-/m0/s1. The Kier molecular flexibility index (Phi) is 12.5. The average molecular weight is 880 g/mol. The van der Waals surface area contributed by atoms with Gasteiger partial charge in [-0.15, -0.1) is 0 Å². The van der Waals surface area contributed by atoms with Gasteiger partial charge < -0.3 is 34.5 Å². The van der Waals surface area contributed by atoms with Crippen molar-refractivity contribution in [2.75, 3.05) is 48.2 Å². The van der Waals surface area contributed by atoms with Crippen LogP contribution in [0.25, 0.3) is 0 Å². The van der Waals surface area contributed by atoms with Crippen LogP contribution in [0.5, 0.6) is 23.0 Å². The number of ether oxygens (including phenoxy) is 4. The Labute approximate surface area is 378 Å². The highest BCUT2D eigenvalue weighted by Crippen LogP contribution is 2.43. The van der Waals surface area contributed by atoms with E-state index in [-0.39, 0.29) is 59.7 Å². The first kappa shape index (κ1) is 44.3. The van der Waals surface area contributed by atoms with Gasteiger partial charge in [0, 0.05) is 68.0 Å². The predicted octanol–water partition coefficient (Wildman–Crippen LogP) is 8.01. The Balaban J connectivity index is 1.06. The average Bonchev–Trinajstić information content (AvgIpc) is 3.83. The van der Waals surface area contributed by atoms with Crippen molar-refractivity contribution in [2.24, 2.45) is 5.92 Å². The molecule has 4 amide bonds. The normalized spacial score (nSPS) is 17.4. The summed E-state index contributed by atoms with van der Waals surface area (Å²) in [4.78, 5) is 72.8. The number of ketones is 1. The number of carbonyl (C=O) groups is 5. The maximum Gasteiger partial charge on any atom is 0.261 e. The van der Waals surface area contributed by atoms with Crippen LogP contribution in [0, 0.1) is 5.92 Å². The number of anilines is 4. The summed E-state index contributed by atoms with van der Waals surface area (Å²) in [5, 5.41) is 5.91. The number of hydrogen-bond acceptors (Lipinski definition) is 10. The number of hydrogen-bond donors (Lipinski definition) is 2. The van der Waals surface area contributed by atoms with Crippen molar-refractivity contribution in [2.45, 2.75) is 71.8 Å². The molecule has 0 saturated carbocycles. The highest BCUT2D eigenvalue weighted by atomic mass is 16.5. The summed E-state index contributed by atoms with van der Waals surface area (Å²) in [7, 11) is 4.94. The van der Waals surface area contributed by atoms with Gasteiger partial charge in [-0.1, -0.05) is 50.8 Å². The number of para-hydroxylation sites is 1. The van der Waals surface area contributed by atoms with Crippen LogP contribution in [-0.4, -0.2) is 74.2 Å². The van der Waals surface area contributed by atoms with E-state index in [4.69, 9.17) is 18.9 Å². The van der Waals surface area contributed by atoms with Gasteiger partial charge in [-0.3, -0.25) is 33.8 Å². The first-order chi connectivity index (χ1) is 31.3. The third-order valence-electron chi connectivity index (χ3n) is 12.3. The van der Waals surface area contributed by atoms with Gasteiger partial charge in [0.2, 0.25) is 11.8 Å². The number of allylic oxidation sites excluding steroid dienone is 3. The molecule has 0 aromatic heterocycles. The Morgan fingerprint density at radius 2 is 1.37 bits per heavy atom. The summed E-state index contributed by atoms with van der Waals surface area (Å²) < 4.78 is 24.3. The van der Waals surface area contributed by atoms with Crippen LogP contribution in [0.2, 0.25) is 0 Å². The number of rotatable bonds is 16. The monoisotopic (exact) mass is 879 g/mol. The lowest BCUT2D eigenvalue weighted by Crippen LogP contribution is -2.42. The van der Waals surface area contributed by atoms with Crippen molar-refractivity contribution in [3.05, 3.63) is 131 Å². The lowest BCUT2D eigenvalue weighted by Gasteiger charge is -2.23. The minimum atomic E-state index is -0.740. The summed E-state index contributed by atoms with van der Waals surface area (Å²) in [6, 6.07) is 18.4. The van der Waals surface area contributed by atoms with Crippen molar-refractivity contribution in [1.82, 2.24) is 4.90 Å². The van der Waals surface area contributed by atoms with Gasteiger partial charge in [-0.05, 0) is 78.1 Å². The van der Waals surface area contributed by atoms with E-state index in [1.807, 2.05) is 82.4 Å². The summed E-state index contributed by atoms with van der Waals surface area (Å²) in [5.74, 6) is 0.139. The molecule has 2 atom stereocenters. The number of carbonyl (C=O) groups excluding carboxylic acids is 5. The molecule has 0 unspecified atom stereocenters. The molecule has 4 aromatic carbocycles. The number of amides is 4. The molecule has 0 bridgehead atoms. The quantitative estimate of drug-likeness (QED) is 0.113. The number of Topliss-reactive ketones (excluding diaryl/α,β-unsaturated/α-hetero) is 1. The summed E-state index contributed by atoms with van der Waals surface area (Å²) in [6.07, 6.45) is 7.25. The van der Waals surface area contributed by atoms with E-state index in [2.05, 4.69) is 22.1 Å². The molecule has 0 radical (unpaired) electrons. The second-order valence-corrected chi connectivity index (χ2v) is 16.8. The first-order valence-corrected chi connectivity index (χ1v) is 21.7. The van der Waals surface area contributed by atoms with E-state index in [1.54, 1.807) is 35.2 Å². The van der Waals surface area contributed by atoms with E-state index in [1.165, 1.54) is 19.1 Å². The number of methoxy groups -OCH3 is 2. The van der Waals surface area contributed by atoms with E-state index in [0.29, 0.717) is 78.0 Å². The maximum atomic E-state index is 14.1. The third kappa shape index (κ3) is 8.55. The van der Waals surface area contributed by atoms with Crippen LogP contribution in [0.1, 0.15) is 77.4 Å². The molecule has 2 N–H and O–H groups in total. The molecule has 14 heteroatoms. The fourth-order valence-corrected chi connectivity index (χ4v) is 8.90. The smallest absolute Gasteiger partial charge is 0.261 e. The van der Waals surface area contributed by atoms with Gasteiger partial charge in [0.1, 0.15) is 31.1 Å². The molecular formula is C51H53N5O9. The Hall–Kier alpha value is -7.35. The molecule has 4 aliphatic rings. The van der Waals surface area contributed by atoms with Crippen molar-refractivity contribution in [1.29, 1.82) is 0 Å². The number of nitrogens with one attached hydrogen (secondary N) is 2. The van der Waals surface area contributed by atoms with Crippen molar-refractivity contribution < 1.29 is 42.9 Å². The lowest BCUT2D eigenvalue weighted by atomic mass is 10.0. The molecular weight excluding hydrogens is 827 g/mol. The molecule has 8 rings (SSSR count). The van der Waals surface area contributed by atoms with E-state index in [0.717, 1.165) is 28.0 Å². The molecule has 4 heterocycles. The van der Waals surface area contributed by atoms with Gasteiger partial charge in [0.05, 0.1) is 36.7 Å². The van der Waals surface area contributed by atoms with E-state index < -0.39 is 12.1 Å². The summed E-state index contributed by atoms with van der Waals surface area (Å²) in [6.45, 7) is 10.4. The van der Waals surface area contributed by atoms with Crippen molar-refractivity contribution in [3.8, 4) is 23.0 Å². The fourth-order valence-electron chi connectivity index (χ4n) is 8.90. The zero-order valence-corrected chi connectivity index (χ0v) is 37.5. The van der Waals surface area contributed by atoms with Crippen LogP contribution < -0.4 is 39.4 Å². The topological polar surface area (TPSA) is 156 Å². The van der Waals surface area contributed by atoms with Crippen LogP contribution in [-0.2, 0) is 34.0 Å². The molecule has 336 valence electrons. The second kappa shape index (κ2) is 18.4. The fraction of sp³-hybridized carbons (Fsp3) is 0.314. The van der Waals surface area contributed by atoms with Crippen molar-refractivity contribution in [3.63, 3.8) is 0 Å². The van der Waals surface area contributed by atoms with Crippen LogP contribution in [0.3, 0.4) is 0 Å². The molecule has 0 spiro atoms. The second-order valence-electron chi connectivity index (χ2n) is 16.8. The molecule has 14 nitrogen and oxygen atoms in total. The number of fused-ring (bicyclic) bond motifs is 6. The first-order valence-electron chi connectivity index (χ1n) is 21.7. The SMILES string of the molecule is C=CC1=C(/C=C\C)C[C@H]2C(=O)Nc3cc(OCc4cc(COc5cc6c(cc5OC)C(=O)N5c7ccccc7C[C@H]5C(=O)N6)cc(N(C)CCCC(=O)C(C)C)c4)c(OC)cc3C(=O)N12. The van der Waals surface area contributed by atoms with Crippen LogP contribution in [0.15, 0.2) is 103 Å². The largest absolute Gasteiger partial charge is 0.493 e. The Bertz CT molecular complexity index is 2690. The molecule has 4 aliphatic heterocycles. The van der Waals surface area contributed by atoms with Gasteiger partial charge in [0.15, 0.2) is 23.0 Å². The Morgan fingerprint density at radius 3 is 1.92 bits per heavy atom. The zero-order valence-electron chi connectivity index (χ0n) is 37.5. The van der Waals surface area contributed by atoms with E-state index in [9.17, 15) is 24.0 Å². The molecule has 0 saturated heterocycles. The van der Waals surface area contributed by atoms with Crippen LogP contribution in [0.4, 0.5) is 22.7 Å². The minimum absolute atomic E-state index is 0.0409. The van der Waals surface area contributed by atoms with E-state index >= 15 is 0 Å². The number of benzene rings is 4. The molecule has 0 fully saturated rings. The zero-order chi connectivity index (χ0) is 46.1. The summed E-state index contributed by atoms with van der Waals surface area (Å²) >= 11 is 0. The molecule has 0 aliphatic carbocycles. The van der Waals surface area contributed by atoms with Gasteiger partial charge in [-0.25, -0.2) is 0 Å². The highest BCUT2D eigenvalue weighted by molar-refractivity contribution is 6.20. The van der Waals surface area contributed by atoms with Crippen LogP contribution >= 0.6 is 0 Å². The minimum Gasteiger partial charge on any atom is -0.493 e. The molecule has 4 aromatic rings. The maximum absolute atomic E-state index is 14.1. The predicted molar refractivity (Wildman–Crippen MR) is 248 cm³/mol. The van der Waals surface area contributed by atoms with Crippen molar-refractivity contribution >= 4 is 52.2 Å². The summed E-state index contributed by atoms with van der Waals surface area (Å²) in [5.41, 5.74) is 6.65. The van der Waals surface area contributed by atoms with Gasteiger partial charge >= 0.3 is 0 Å². The third-order valence-corrected chi connectivity index (χ3v) is 12.3. The number of nitrogens with zero attached hydrogens (tertiary/aromatic N) is 3. The van der Waals surface area contributed by atoms with Gasteiger partial charge in [0.25, 0.3) is 11.8 Å². The lowest BCUT2D eigenvalue weighted by molar-refractivity contribution is -0.122. The highest BCUT2D eigenvalue weighted by Gasteiger charge is 2.44. The molecule has 65 heavy (non-hydrogen) atoms. The Morgan fingerprint density at radius 1 is 0.800 bits per heavy atom. The van der Waals surface area contributed by atoms with Gasteiger partial charge in [-0.2, -0.15) is 0 Å².